The fourth-order valence-corrected chi connectivity index (χ4v) is 4.41. The van der Waals surface area contributed by atoms with Gasteiger partial charge in [0.05, 0.1) is 5.02 Å². The Balaban J connectivity index is 0.00000208. The van der Waals surface area contributed by atoms with Gasteiger partial charge in [0.2, 0.25) is 5.91 Å². The van der Waals surface area contributed by atoms with Gasteiger partial charge in [0, 0.05) is 25.6 Å². The molecular formula is C18H25Cl2FN2O. The molecule has 0 spiro atoms. The van der Waals surface area contributed by atoms with Gasteiger partial charge in [0.1, 0.15) is 5.82 Å². The summed E-state index contributed by atoms with van der Waals surface area (Å²) in [6, 6.07) is 4.97. The average Bonchev–Trinajstić information content (AvgIpc) is 2.50. The van der Waals surface area contributed by atoms with Crippen molar-refractivity contribution in [1.29, 1.82) is 0 Å². The maximum atomic E-state index is 13.5. The van der Waals surface area contributed by atoms with Gasteiger partial charge in [-0.3, -0.25) is 4.79 Å². The van der Waals surface area contributed by atoms with Crippen molar-refractivity contribution in [2.75, 3.05) is 7.05 Å². The summed E-state index contributed by atoms with van der Waals surface area (Å²) >= 11 is 5.70. The Morgan fingerprint density at radius 3 is 2.54 bits per heavy atom. The molecule has 0 radical (unpaired) electrons. The number of halogens is 3. The topological polar surface area (TPSA) is 46.3 Å². The minimum atomic E-state index is -0.441. The Morgan fingerprint density at radius 2 is 1.96 bits per heavy atom. The van der Waals surface area contributed by atoms with Crippen LogP contribution in [0.5, 0.6) is 0 Å². The SMILES string of the molecule is CN(Cc1ccc(Cl)c(F)c1)C(=O)C1CC2CCCC(C1)C2N.Cl. The maximum absolute atomic E-state index is 13.5. The molecule has 6 heteroatoms. The normalized spacial score (nSPS) is 28.8. The van der Waals surface area contributed by atoms with E-state index in [0.29, 0.717) is 18.4 Å². The summed E-state index contributed by atoms with van der Waals surface area (Å²) in [6.45, 7) is 0.408. The van der Waals surface area contributed by atoms with E-state index in [9.17, 15) is 9.18 Å². The molecule has 2 aliphatic rings. The van der Waals surface area contributed by atoms with E-state index in [2.05, 4.69) is 0 Å². The zero-order valence-electron chi connectivity index (χ0n) is 13.9. The molecule has 1 aromatic carbocycles. The fraction of sp³-hybridized carbons (Fsp3) is 0.611. The fourth-order valence-electron chi connectivity index (χ4n) is 4.29. The molecule has 0 aliphatic heterocycles. The van der Waals surface area contributed by atoms with Crippen LogP contribution in [0, 0.1) is 23.6 Å². The van der Waals surface area contributed by atoms with Gasteiger partial charge >= 0.3 is 0 Å². The molecule has 134 valence electrons. The zero-order valence-corrected chi connectivity index (χ0v) is 15.5. The van der Waals surface area contributed by atoms with E-state index in [-0.39, 0.29) is 35.3 Å². The molecule has 2 atom stereocenters. The number of benzene rings is 1. The van der Waals surface area contributed by atoms with Crippen molar-refractivity contribution in [1.82, 2.24) is 4.90 Å². The number of nitrogens with two attached hydrogens (primary N) is 1. The second-order valence-corrected chi connectivity index (χ2v) is 7.55. The van der Waals surface area contributed by atoms with Crippen molar-refractivity contribution in [3.8, 4) is 0 Å². The lowest BCUT2D eigenvalue weighted by Crippen LogP contribution is -2.49. The van der Waals surface area contributed by atoms with Crippen molar-refractivity contribution in [2.45, 2.75) is 44.7 Å². The number of amides is 1. The largest absolute Gasteiger partial charge is 0.341 e. The van der Waals surface area contributed by atoms with Crippen molar-refractivity contribution in [3.05, 3.63) is 34.6 Å². The van der Waals surface area contributed by atoms with Crippen LogP contribution in [0.25, 0.3) is 0 Å². The Hall–Kier alpha value is -0.840. The van der Waals surface area contributed by atoms with Crippen molar-refractivity contribution in [2.24, 2.45) is 23.5 Å². The molecule has 1 amide bonds. The highest BCUT2D eigenvalue weighted by Gasteiger charge is 2.41. The molecule has 2 unspecified atom stereocenters. The molecule has 0 heterocycles. The molecule has 0 aromatic heterocycles. The van der Waals surface area contributed by atoms with Gasteiger partial charge in [-0.15, -0.1) is 12.4 Å². The standard InChI is InChI=1S/C18H24ClFN2O.ClH/c1-22(10-11-5-6-15(19)16(20)7-11)18(23)14-8-12-3-2-4-13(9-14)17(12)21;/h5-7,12-14,17H,2-4,8-10,21H2,1H3;1H. The van der Waals surface area contributed by atoms with E-state index in [4.69, 9.17) is 17.3 Å². The highest BCUT2D eigenvalue weighted by molar-refractivity contribution is 6.30. The first-order valence-electron chi connectivity index (χ1n) is 8.40. The molecule has 3 nitrogen and oxygen atoms in total. The minimum Gasteiger partial charge on any atom is -0.341 e. The Kier molecular flexibility index (Phi) is 6.52. The lowest BCUT2D eigenvalue weighted by molar-refractivity contribution is -0.137. The third kappa shape index (κ3) is 4.04. The summed E-state index contributed by atoms with van der Waals surface area (Å²) in [5.74, 6) is 0.746. The van der Waals surface area contributed by atoms with Crippen LogP contribution < -0.4 is 5.73 Å². The van der Waals surface area contributed by atoms with Gasteiger partial charge in [-0.25, -0.2) is 4.39 Å². The number of hydrogen-bond donors (Lipinski definition) is 1. The van der Waals surface area contributed by atoms with E-state index >= 15 is 0 Å². The third-order valence-corrected chi connectivity index (χ3v) is 5.85. The van der Waals surface area contributed by atoms with Crippen LogP contribution in [-0.2, 0) is 11.3 Å². The van der Waals surface area contributed by atoms with Gasteiger partial charge < -0.3 is 10.6 Å². The summed E-state index contributed by atoms with van der Waals surface area (Å²) in [6.07, 6.45) is 5.33. The molecular weight excluding hydrogens is 350 g/mol. The Morgan fingerprint density at radius 1 is 1.33 bits per heavy atom. The van der Waals surface area contributed by atoms with Gasteiger partial charge in [-0.2, -0.15) is 0 Å². The van der Waals surface area contributed by atoms with Crippen LogP contribution in [0.4, 0.5) is 4.39 Å². The van der Waals surface area contributed by atoms with E-state index in [0.717, 1.165) is 31.2 Å². The van der Waals surface area contributed by atoms with Crippen molar-refractivity contribution in [3.63, 3.8) is 0 Å². The smallest absolute Gasteiger partial charge is 0.225 e. The lowest BCUT2D eigenvalue weighted by Gasteiger charge is -2.44. The number of carbonyl (C=O) groups is 1. The Labute approximate surface area is 154 Å². The highest BCUT2D eigenvalue weighted by Crippen LogP contribution is 2.42. The molecule has 2 N–H and O–H groups in total. The molecule has 2 aliphatic carbocycles. The maximum Gasteiger partial charge on any atom is 0.225 e. The first-order valence-corrected chi connectivity index (χ1v) is 8.78. The van der Waals surface area contributed by atoms with Crippen LogP contribution in [0.15, 0.2) is 18.2 Å². The summed E-state index contributed by atoms with van der Waals surface area (Å²) in [5, 5.41) is 0.108. The molecule has 24 heavy (non-hydrogen) atoms. The number of hydrogen-bond acceptors (Lipinski definition) is 2. The van der Waals surface area contributed by atoms with Gasteiger partial charge in [0.15, 0.2) is 0 Å². The third-order valence-electron chi connectivity index (χ3n) is 5.54. The average molecular weight is 375 g/mol. The number of carbonyl (C=O) groups excluding carboxylic acids is 1. The quantitative estimate of drug-likeness (QED) is 0.868. The first kappa shape index (κ1) is 19.5. The molecule has 1 aromatic rings. The predicted molar refractivity (Wildman–Crippen MR) is 96.7 cm³/mol. The van der Waals surface area contributed by atoms with E-state index in [1.807, 2.05) is 0 Å². The first-order chi connectivity index (χ1) is 11.0. The second-order valence-electron chi connectivity index (χ2n) is 7.14. The van der Waals surface area contributed by atoms with E-state index in [1.165, 1.54) is 18.6 Å². The summed E-state index contributed by atoms with van der Waals surface area (Å²) < 4.78 is 13.5. The summed E-state index contributed by atoms with van der Waals surface area (Å²) in [5.41, 5.74) is 7.06. The van der Waals surface area contributed by atoms with Crippen LogP contribution in [0.1, 0.15) is 37.7 Å². The number of nitrogens with zero attached hydrogens (tertiary/aromatic N) is 1. The van der Waals surface area contributed by atoms with Gasteiger partial charge in [0.25, 0.3) is 0 Å². The molecule has 3 rings (SSSR count). The molecule has 2 fully saturated rings. The van der Waals surface area contributed by atoms with Crippen LogP contribution in [-0.4, -0.2) is 23.9 Å². The monoisotopic (exact) mass is 374 g/mol. The number of fused-ring (bicyclic) bond motifs is 2. The molecule has 2 bridgehead atoms. The van der Waals surface area contributed by atoms with Crippen LogP contribution in [0.3, 0.4) is 0 Å². The molecule has 0 saturated heterocycles. The van der Waals surface area contributed by atoms with E-state index < -0.39 is 5.82 Å². The van der Waals surface area contributed by atoms with Crippen molar-refractivity contribution < 1.29 is 9.18 Å². The lowest BCUT2D eigenvalue weighted by atomic mass is 9.65. The second kappa shape index (κ2) is 8.03. The zero-order chi connectivity index (χ0) is 16.6. The van der Waals surface area contributed by atoms with Crippen LogP contribution >= 0.6 is 24.0 Å². The van der Waals surface area contributed by atoms with Crippen molar-refractivity contribution >= 4 is 29.9 Å². The predicted octanol–water partition coefficient (Wildman–Crippen LogP) is 4.01. The van der Waals surface area contributed by atoms with Gasteiger partial charge in [-0.05, 0) is 55.2 Å². The van der Waals surface area contributed by atoms with Crippen LogP contribution in [0.2, 0.25) is 5.02 Å². The summed E-state index contributed by atoms with van der Waals surface area (Å²) in [4.78, 5) is 14.5. The highest BCUT2D eigenvalue weighted by atomic mass is 35.5. The Bertz CT molecular complexity index is 584. The summed E-state index contributed by atoms with van der Waals surface area (Å²) in [7, 11) is 1.79. The van der Waals surface area contributed by atoms with Gasteiger partial charge in [-0.1, -0.05) is 24.1 Å². The number of rotatable bonds is 3. The van der Waals surface area contributed by atoms with E-state index in [1.54, 1.807) is 18.0 Å². The molecule has 2 saturated carbocycles. The minimum absolute atomic E-state index is 0.